The predicted molar refractivity (Wildman–Crippen MR) is 238 cm³/mol. The minimum absolute atomic E-state index is 0.557. The highest BCUT2D eigenvalue weighted by Crippen LogP contribution is 2.39. The Morgan fingerprint density at radius 1 is 0.328 bits per heavy atom. The van der Waals surface area contributed by atoms with E-state index in [1.54, 1.807) is 0 Å². The third kappa shape index (κ3) is 5.21. The molecule has 0 fully saturated rings. The number of fused-ring (bicyclic) bond motifs is 9. The van der Waals surface area contributed by atoms with Crippen LogP contribution in [0.3, 0.4) is 0 Å². The van der Waals surface area contributed by atoms with Gasteiger partial charge in [0.1, 0.15) is 11.2 Å². The summed E-state index contributed by atoms with van der Waals surface area (Å²) in [5.74, 6) is 1.73. The smallest absolute Gasteiger partial charge is 0.238 e. The van der Waals surface area contributed by atoms with Crippen molar-refractivity contribution in [3.63, 3.8) is 0 Å². The summed E-state index contributed by atoms with van der Waals surface area (Å²) in [6, 6.07) is 68.1. The van der Waals surface area contributed by atoms with Gasteiger partial charge in [-0.25, -0.2) is 4.98 Å². The maximum atomic E-state index is 6.39. The standard InChI is InChI=1S/C53H32N4O/c1-2-12-33(13-3-1)35-17-10-18-36(28-35)37-19-11-20-40(29-37)51-54-52(41-25-27-48-44(31-41)45-30-38-15-4-5-16-39(38)32-49(45)58-48)56-53(55-51)57-46-23-9-8-22-43(46)50-42-21-7-6-14-34(42)24-26-47(50)57/h1-32H. The van der Waals surface area contributed by atoms with Crippen LogP contribution in [0.1, 0.15) is 0 Å². The summed E-state index contributed by atoms with van der Waals surface area (Å²) in [5, 5.41) is 9.11. The molecule has 5 nitrogen and oxygen atoms in total. The molecule has 0 amide bonds. The van der Waals surface area contributed by atoms with Crippen LogP contribution in [0.2, 0.25) is 0 Å². The van der Waals surface area contributed by atoms with E-state index in [0.29, 0.717) is 17.6 Å². The Morgan fingerprint density at radius 3 is 1.71 bits per heavy atom. The van der Waals surface area contributed by atoms with Crippen LogP contribution in [0.25, 0.3) is 116 Å². The molecule has 12 rings (SSSR count). The average molecular weight is 741 g/mol. The molecule has 12 aromatic rings. The van der Waals surface area contributed by atoms with E-state index in [4.69, 9.17) is 19.4 Å². The maximum absolute atomic E-state index is 6.39. The van der Waals surface area contributed by atoms with Gasteiger partial charge in [-0.15, -0.1) is 0 Å². The first kappa shape index (κ1) is 32.4. The minimum atomic E-state index is 0.557. The first-order chi connectivity index (χ1) is 28.7. The van der Waals surface area contributed by atoms with Gasteiger partial charge in [0.2, 0.25) is 5.95 Å². The Bertz CT molecular complexity index is 3580. The zero-order valence-electron chi connectivity index (χ0n) is 31.2. The van der Waals surface area contributed by atoms with E-state index >= 15 is 0 Å². The van der Waals surface area contributed by atoms with Crippen LogP contribution in [0.5, 0.6) is 0 Å². The number of nitrogens with zero attached hydrogens (tertiary/aromatic N) is 4. The molecule has 0 aliphatic heterocycles. The summed E-state index contributed by atoms with van der Waals surface area (Å²) in [6.07, 6.45) is 0. The van der Waals surface area contributed by atoms with E-state index in [-0.39, 0.29) is 0 Å². The molecule has 0 aliphatic carbocycles. The van der Waals surface area contributed by atoms with Gasteiger partial charge in [-0.2, -0.15) is 9.97 Å². The van der Waals surface area contributed by atoms with Crippen molar-refractivity contribution in [1.29, 1.82) is 0 Å². The van der Waals surface area contributed by atoms with Gasteiger partial charge in [-0.1, -0.05) is 140 Å². The lowest BCUT2D eigenvalue weighted by molar-refractivity contribution is 0.669. The Labute approximate surface area is 333 Å². The van der Waals surface area contributed by atoms with Gasteiger partial charge in [0.05, 0.1) is 11.0 Å². The molecule has 0 radical (unpaired) electrons. The summed E-state index contributed by atoms with van der Waals surface area (Å²) < 4.78 is 8.58. The number of hydrogen-bond acceptors (Lipinski definition) is 4. The van der Waals surface area contributed by atoms with E-state index in [1.807, 2.05) is 12.1 Å². The Hall–Kier alpha value is -7.89. The fourth-order valence-corrected chi connectivity index (χ4v) is 8.63. The van der Waals surface area contributed by atoms with E-state index in [9.17, 15) is 0 Å². The van der Waals surface area contributed by atoms with Crippen molar-refractivity contribution in [2.45, 2.75) is 0 Å². The Kier molecular flexibility index (Phi) is 7.16. The number of rotatable bonds is 5. The zero-order valence-corrected chi connectivity index (χ0v) is 31.2. The van der Waals surface area contributed by atoms with Gasteiger partial charge in [0, 0.05) is 32.7 Å². The largest absolute Gasteiger partial charge is 0.456 e. The summed E-state index contributed by atoms with van der Waals surface area (Å²) in [6.45, 7) is 0. The van der Waals surface area contributed by atoms with Crippen LogP contribution in [-0.4, -0.2) is 19.5 Å². The van der Waals surface area contributed by atoms with Crippen LogP contribution in [0, 0.1) is 0 Å². The molecule has 58 heavy (non-hydrogen) atoms. The van der Waals surface area contributed by atoms with Gasteiger partial charge >= 0.3 is 0 Å². The second-order valence-corrected chi connectivity index (χ2v) is 14.9. The topological polar surface area (TPSA) is 56.7 Å². The zero-order chi connectivity index (χ0) is 38.2. The van der Waals surface area contributed by atoms with Crippen LogP contribution in [0.15, 0.2) is 199 Å². The molecule has 0 spiro atoms. The SMILES string of the molecule is c1ccc(-c2cccc(-c3cccc(-c4nc(-c5ccc6oc7cc8ccccc8cc7c6c5)nc(-n5c6ccccc6c6c7ccccc7ccc65)n4)c3)c2)cc1. The van der Waals surface area contributed by atoms with Gasteiger partial charge in [-0.05, 0) is 98.4 Å². The van der Waals surface area contributed by atoms with Crippen molar-refractivity contribution in [1.82, 2.24) is 19.5 Å². The maximum Gasteiger partial charge on any atom is 0.238 e. The predicted octanol–water partition coefficient (Wildman–Crippen LogP) is 13.8. The van der Waals surface area contributed by atoms with Crippen molar-refractivity contribution < 1.29 is 4.42 Å². The van der Waals surface area contributed by atoms with Crippen molar-refractivity contribution in [2.75, 3.05) is 0 Å². The molecule has 0 N–H and O–H groups in total. The highest BCUT2D eigenvalue weighted by molar-refractivity contribution is 6.21. The van der Waals surface area contributed by atoms with Crippen LogP contribution in [0.4, 0.5) is 0 Å². The Balaban J connectivity index is 1.09. The number of furan rings is 1. The third-order valence-electron chi connectivity index (χ3n) is 11.4. The first-order valence-corrected chi connectivity index (χ1v) is 19.5. The molecule has 3 heterocycles. The second kappa shape index (κ2) is 12.8. The first-order valence-electron chi connectivity index (χ1n) is 19.5. The average Bonchev–Trinajstić information content (AvgIpc) is 3.83. The summed E-state index contributed by atoms with van der Waals surface area (Å²) >= 11 is 0. The normalized spacial score (nSPS) is 11.8. The van der Waals surface area contributed by atoms with Gasteiger partial charge in [0.15, 0.2) is 11.6 Å². The molecule has 0 atom stereocenters. The van der Waals surface area contributed by atoms with Gasteiger partial charge in [0.25, 0.3) is 0 Å². The quantitative estimate of drug-likeness (QED) is 0.176. The molecular weight excluding hydrogens is 709 g/mol. The number of hydrogen-bond donors (Lipinski definition) is 0. The molecule has 270 valence electrons. The highest BCUT2D eigenvalue weighted by Gasteiger charge is 2.20. The molecule has 0 bridgehead atoms. The minimum Gasteiger partial charge on any atom is -0.456 e. The summed E-state index contributed by atoms with van der Waals surface area (Å²) in [7, 11) is 0. The summed E-state index contributed by atoms with van der Waals surface area (Å²) in [5.41, 5.74) is 10.1. The van der Waals surface area contributed by atoms with Crippen LogP contribution < -0.4 is 0 Å². The lowest BCUT2D eigenvalue weighted by Gasteiger charge is -2.12. The summed E-state index contributed by atoms with van der Waals surface area (Å²) in [4.78, 5) is 15.9. The Morgan fingerprint density at radius 2 is 0.914 bits per heavy atom. The molecule has 0 aliphatic rings. The molecule has 3 aromatic heterocycles. The van der Waals surface area contributed by atoms with E-state index in [1.165, 1.54) is 32.7 Å². The van der Waals surface area contributed by atoms with Crippen molar-refractivity contribution in [2.24, 2.45) is 0 Å². The van der Waals surface area contributed by atoms with Gasteiger partial charge in [-0.3, -0.25) is 4.57 Å². The number of para-hydroxylation sites is 1. The highest BCUT2D eigenvalue weighted by atomic mass is 16.3. The van der Waals surface area contributed by atoms with Gasteiger partial charge < -0.3 is 4.42 Å². The monoisotopic (exact) mass is 740 g/mol. The molecule has 0 saturated carbocycles. The molecule has 0 saturated heterocycles. The lowest BCUT2D eigenvalue weighted by atomic mass is 9.98. The lowest BCUT2D eigenvalue weighted by Crippen LogP contribution is -2.06. The second-order valence-electron chi connectivity index (χ2n) is 14.9. The van der Waals surface area contributed by atoms with Crippen molar-refractivity contribution in [3.8, 4) is 51.0 Å². The van der Waals surface area contributed by atoms with Crippen molar-refractivity contribution in [3.05, 3.63) is 194 Å². The van der Waals surface area contributed by atoms with E-state index < -0.39 is 0 Å². The van der Waals surface area contributed by atoms with Crippen LogP contribution in [-0.2, 0) is 0 Å². The van der Waals surface area contributed by atoms with Crippen molar-refractivity contribution >= 4 is 65.3 Å². The molecule has 5 heteroatoms. The third-order valence-corrected chi connectivity index (χ3v) is 11.4. The van der Waals surface area contributed by atoms with E-state index in [2.05, 4.69) is 187 Å². The fourth-order valence-electron chi connectivity index (χ4n) is 8.63. The molecule has 9 aromatic carbocycles. The molecule has 0 unspecified atom stereocenters. The fraction of sp³-hybridized carbons (Fsp3) is 0. The number of benzene rings is 9. The number of aromatic nitrogens is 4. The van der Waals surface area contributed by atoms with E-state index in [0.717, 1.165) is 66.0 Å². The molecular formula is C53H32N4O. The van der Waals surface area contributed by atoms with Crippen LogP contribution >= 0.6 is 0 Å².